The zero-order valence-electron chi connectivity index (χ0n) is 8.90. The number of aromatic nitrogens is 2. The number of nitrogens with zero attached hydrogens (tertiary/aromatic N) is 4. The number of nitrogen functional groups attached to an aromatic ring is 1. The topological polar surface area (TPSA) is 96.6 Å². The molecule has 2 rings (SSSR count). The van der Waals surface area contributed by atoms with Crippen LogP contribution in [0.5, 0.6) is 0 Å². The first-order chi connectivity index (χ1) is 7.47. The van der Waals surface area contributed by atoms with Crippen molar-refractivity contribution in [1.29, 1.82) is 0 Å². The normalized spacial score (nSPS) is 18.9. The predicted molar refractivity (Wildman–Crippen MR) is 55.5 cm³/mol. The quantitative estimate of drug-likeness (QED) is 0.594. The molecule has 0 spiro atoms. The van der Waals surface area contributed by atoms with Crippen molar-refractivity contribution in [3.8, 4) is 0 Å². The first-order valence-electron chi connectivity index (χ1n) is 4.81. The molecule has 0 aliphatic carbocycles. The van der Waals surface area contributed by atoms with Gasteiger partial charge in [0.25, 0.3) is 12.1 Å². The van der Waals surface area contributed by atoms with E-state index in [1.807, 2.05) is 5.01 Å². The highest BCUT2D eigenvalue weighted by Crippen LogP contribution is 2.03. The second kappa shape index (κ2) is 3.91. The average Bonchev–Trinajstić information content (AvgIpc) is 2.64. The van der Waals surface area contributed by atoms with Crippen molar-refractivity contribution in [1.82, 2.24) is 9.58 Å². The lowest BCUT2D eigenvalue weighted by atomic mass is 10.4. The second-order valence-corrected chi connectivity index (χ2v) is 5.62. The van der Waals surface area contributed by atoms with E-state index in [1.165, 1.54) is 15.4 Å². The molecule has 0 unspecified atom stereocenters. The summed E-state index contributed by atoms with van der Waals surface area (Å²) >= 11 is 0. The van der Waals surface area contributed by atoms with Crippen molar-refractivity contribution >= 4 is 15.9 Å². The van der Waals surface area contributed by atoms with Crippen LogP contribution in [0.15, 0.2) is 10.7 Å². The van der Waals surface area contributed by atoms with E-state index in [0.717, 1.165) is 0 Å². The maximum absolute atomic E-state index is 11.3. The molecular formula is C7H14N5O3S+. The largest absolute Gasteiger partial charge is 0.362 e. The van der Waals surface area contributed by atoms with Gasteiger partial charge in [-0.1, -0.05) is 0 Å². The maximum Gasteiger partial charge on any atom is 0.296 e. The highest BCUT2D eigenvalue weighted by atomic mass is 32.2. The minimum Gasteiger partial charge on any atom is -0.362 e. The fourth-order valence-electron chi connectivity index (χ4n) is 1.60. The van der Waals surface area contributed by atoms with Crippen LogP contribution in [-0.4, -0.2) is 50.4 Å². The Morgan fingerprint density at radius 3 is 2.50 bits per heavy atom. The highest BCUT2D eigenvalue weighted by Gasteiger charge is 2.29. The van der Waals surface area contributed by atoms with Gasteiger partial charge in [-0.25, -0.2) is 8.42 Å². The number of hydrogen-bond donors (Lipinski definition) is 1. The monoisotopic (exact) mass is 248 g/mol. The van der Waals surface area contributed by atoms with Crippen molar-refractivity contribution in [2.75, 3.05) is 43.2 Å². The van der Waals surface area contributed by atoms with Crippen LogP contribution >= 0.6 is 0 Å². The van der Waals surface area contributed by atoms with Crippen LogP contribution < -0.4 is 15.5 Å². The van der Waals surface area contributed by atoms with Gasteiger partial charge in [-0.2, -0.15) is 9.31 Å². The van der Waals surface area contributed by atoms with E-state index in [1.54, 1.807) is 6.20 Å². The summed E-state index contributed by atoms with van der Waals surface area (Å²) in [6.45, 7) is 2.00. The van der Waals surface area contributed by atoms with Crippen LogP contribution in [-0.2, 0) is 10.0 Å². The lowest BCUT2D eigenvalue weighted by Gasteiger charge is -2.27. The molecule has 9 heteroatoms. The zero-order chi connectivity index (χ0) is 11.8. The summed E-state index contributed by atoms with van der Waals surface area (Å²) in [6, 6.07) is 0. The van der Waals surface area contributed by atoms with Gasteiger partial charge in [0.15, 0.2) is 0 Å². The number of anilines is 1. The van der Waals surface area contributed by atoms with Crippen molar-refractivity contribution < 1.29 is 17.7 Å². The standard InChI is InChI=1S/C7H14N5O3S/c1-16(13,14)11-4-2-10(3-5-11)12-6-7(8)15-9-12/h6H,2-5,8H2,1H3/q+1. The van der Waals surface area contributed by atoms with Crippen molar-refractivity contribution in [3.63, 3.8) is 0 Å². The van der Waals surface area contributed by atoms with Crippen LogP contribution in [0, 0.1) is 0 Å². The Morgan fingerprint density at radius 2 is 2.06 bits per heavy atom. The molecule has 1 saturated heterocycles. The smallest absolute Gasteiger partial charge is 0.296 e. The van der Waals surface area contributed by atoms with Crippen LogP contribution in [0.4, 0.5) is 5.88 Å². The summed E-state index contributed by atoms with van der Waals surface area (Å²) in [7, 11) is -3.10. The average molecular weight is 248 g/mol. The SMILES string of the molecule is CS(=O)(=O)N1CCN([n+]2cc(N)on2)CC1. The molecular weight excluding hydrogens is 234 g/mol. The maximum atomic E-state index is 11.3. The van der Waals surface area contributed by atoms with Crippen LogP contribution in [0.25, 0.3) is 0 Å². The van der Waals surface area contributed by atoms with Crippen molar-refractivity contribution in [3.05, 3.63) is 6.20 Å². The third kappa shape index (κ3) is 2.25. The lowest BCUT2D eigenvalue weighted by Crippen LogP contribution is -2.65. The fraction of sp³-hybridized carbons (Fsp3) is 0.714. The molecule has 1 aliphatic rings. The highest BCUT2D eigenvalue weighted by molar-refractivity contribution is 7.88. The number of nitrogens with two attached hydrogens (primary N) is 1. The van der Waals surface area contributed by atoms with Gasteiger partial charge in [-0.15, -0.1) is 0 Å². The van der Waals surface area contributed by atoms with E-state index in [0.29, 0.717) is 26.2 Å². The molecule has 0 saturated carbocycles. The molecule has 8 nitrogen and oxygen atoms in total. The van der Waals surface area contributed by atoms with E-state index in [-0.39, 0.29) is 5.88 Å². The summed E-state index contributed by atoms with van der Waals surface area (Å²) in [4.78, 5) is 1.49. The van der Waals surface area contributed by atoms with Gasteiger partial charge in [0.2, 0.25) is 15.3 Å². The number of rotatable bonds is 2. The van der Waals surface area contributed by atoms with Gasteiger partial charge in [0.1, 0.15) is 0 Å². The molecule has 2 heterocycles. The summed E-state index contributed by atoms with van der Waals surface area (Å²) < 4.78 is 28.7. The Kier molecular flexibility index (Phi) is 2.72. The molecule has 2 N–H and O–H groups in total. The van der Waals surface area contributed by atoms with E-state index < -0.39 is 10.0 Å². The summed E-state index contributed by atoms with van der Waals surface area (Å²) in [5, 5.41) is 5.56. The summed E-state index contributed by atoms with van der Waals surface area (Å²) in [5.41, 5.74) is 5.40. The third-order valence-electron chi connectivity index (χ3n) is 2.45. The third-order valence-corrected chi connectivity index (χ3v) is 3.75. The number of sulfonamides is 1. The molecule has 0 aromatic carbocycles. The number of hydrogen-bond acceptors (Lipinski definition) is 6. The van der Waals surface area contributed by atoms with Gasteiger partial charge >= 0.3 is 0 Å². The molecule has 0 amide bonds. The Hall–Kier alpha value is -1.35. The van der Waals surface area contributed by atoms with Crippen LogP contribution in [0.1, 0.15) is 0 Å². The van der Waals surface area contributed by atoms with Crippen molar-refractivity contribution in [2.45, 2.75) is 0 Å². The molecule has 16 heavy (non-hydrogen) atoms. The van der Waals surface area contributed by atoms with E-state index in [4.69, 9.17) is 10.3 Å². The minimum absolute atomic E-state index is 0.227. The van der Waals surface area contributed by atoms with Crippen LogP contribution in [0.3, 0.4) is 0 Å². The van der Waals surface area contributed by atoms with Gasteiger partial charge in [0, 0.05) is 13.1 Å². The predicted octanol–water partition coefficient (Wildman–Crippen LogP) is -2.24. The first-order valence-corrected chi connectivity index (χ1v) is 6.66. The molecule has 1 aliphatic heterocycles. The fourth-order valence-corrected chi connectivity index (χ4v) is 2.42. The van der Waals surface area contributed by atoms with Gasteiger partial charge in [-0.05, 0) is 0 Å². The Morgan fingerprint density at radius 1 is 1.44 bits per heavy atom. The first kappa shape index (κ1) is 11.1. The van der Waals surface area contributed by atoms with Crippen molar-refractivity contribution in [2.24, 2.45) is 0 Å². The summed E-state index contributed by atoms with van der Waals surface area (Å²) in [5.74, 6) is 0.227. The second-order valence-electron chi connectivity index (χ2n) is 3.64. The lowest BCUT2D eigenvalue weighted by molar-refractivity contribution is -0.759. The molecule has 1 aromatic heterocycles. The Balaban J connectivity index is 2.00. The molecule has 0 bridgehead atoms. The minimum atomic E-state index is -3.10. The molecule has 90 valence electrons. The van der Waals surface area contributed by atoms with Gasteiger partial charge in [-0.3, -0.25) is 4.52 Å². The van der Waals surface area contributed by atoms with Gasteiger partial charge in [0.05, 0.1) is 24.1 Å². The van der Waals surface area contributed by atoms with E-state index >= 15 is 0 Å². The molecule has 1 aromatic rings. The molecule has 0 radical (unpaired) electrons. The molecule has 1 fully saturated rings. The summed E-state index contributed by atoms with van der Waals surface area (Å²) in [6.07, 6.45) is 2.76. The van der Waals surface area contributed by atoms with E-state index in [2.05, 4.69) is 5.27 Å². The zero-order valence-corrected chi connectivity index (χ0v) is 9.72. The van der Waals surface area contributed by atoms with Gasteiger partial charge < -0.3 is 5.73 Å². The van der Waals surface area contributed by atoms with Crippen LogP contribution in [0.2, 0.25) is 0 Å². The number of piperazine rings is 1. The van der Waals surface area contributed by atoms with E-state index in [9.17, 15) is 8.42 Å². The Labute approximate surface area is 93.2 Å². The molecule has 0 atom stereocenters. The Bertz CT molecular complexity index is 462.